The molecule has 0 amide bonds. The van der Waals surface area contributed by atoms with Gasteiger partial charge in [-0.1, -0.05) is 18.7 Å². The number of carbonyl (C=O) groups excluding carboxylic acids is 1. The summed E-state index contributed by atoms with van der Waals surface area (Å²) in [5.74, 6) is -0.443. The maximum Gasteiger partial charge on any atom is 0.332 e. The standard InChI is InChI=1S/C15H18N4O4S/c1-4-8(14(21)22)24-12-9-11(16-10(17-12)7-5-6-7)18(2)15(23)19(3)13(9)20/h7-8H,4-6H2,1-3H3,(H,21,22)/p-1/t8-/m0/s1. The first kappa shape index (κ1) is 16.7. The minimum absolute atomic E-state index is 0.175. The quantitative estimate of drug-likeness (QED) is 0.530. The van der Waals surface area contributed by atoms with Gasteiger partial charge in [0, 0.05) is 20.0 Å². The van der Waals surface area contributed by atoms with Crippen LogP contribution < -0.4 is 16.4 Å². The molecule has 2 heterocycles. The van der Waals surface area contributed by atoms with Crippen molar-refractivity contribution in [2.75, 3.05) is 0 Å². The van der Waals surface area contributed by atoms with Gasteiger partial charge in [0.1, 0.15) is 16.2 Å². The highest BCUT2D eigenvalue weighted by molar-refractivity contribution is 8.00. The summed E-state index contributed by atoms with van der Waals surface area (Å²) >= 11 is 0.981. The van der Waals surface area contributed by atoms with Gasteiger partial charge in [0.05, 0.1) is 11.2 Å². The Morgan fingerprint density at radius 3 is 2.50 bits per heavy atom. The zero-order chi connectivity index (χ0) is 17.6. The number of aryl methyl sites for hydroxylation is 1. The van der Waals surface area contributed by atoms with Gasteiger partial charge < -0.3 is 9.90 Å². The summed E-state index contributed by atoms with van der Waals surface area (Å²) in [6.45, 7) is 1.73. The molecule has 1 saturated carbocycles. The van der Waals surface area contributed by atoms with Gasteiger partial charge in [-0.05, 0) is 19.3 Å². The Labute approximate surface area is 141 Å². The third-order valence-electron chi connectivity index (χ3n) is 4.11. The van der Waals surface area contributed by atoms with E-state index in [-0.39, 0.29) is 17.0 Å². The van der Waals surface area contributed by atoms with Crippen LogP contribution in [-0.4, -0.2) is 30.3 Å². The van der Waals surface area contributed by atoms with Crippen molar-refractivity contribution in [3.8, 4) is 0 Å². The molecule has 0 radical (unpaired) electrons. The Morgan fingerprint density at radius 2 is 1.96 bits per heavy atom. The summed E-state index contributed by atoms with van der Waals surface area (Å²) in [7, 11) is 2.92. The van der Waals surface area contributed by atoms with Gasteiger partial charge in [0.25, 0.3) is 5.56 Å². The van der Waals surface area contributed by atoms with Gasteiger partial charge >= 0.3 is 5.69 Å². The minimum atomic E-state index is -1.20. The van der Waals surface area contributed by atoms with Crippen LogP contribution >= 0.6 is 11.8 Å². The van der Waals surface area contributed by atoms with Crippen LogP contribution in [0.15, 0.2) is 14.6 Å². The zero-order valence-corrected chi connectivity index (χ0v) is 14.4. The molecule has 0 spiro atoms. The van der Waals surface area contributed by atoms with Crippen molar-refractivity contribution in [1.29, 1.82) is 0 Å². The van der Waals surface area contributed by atoms with E-state index in [2.05, 4.69) is 9.97 Å². The first-order valence-electron chi connectivity index (χ1n) is 7.70. The Balaban J connectivity index is 2.31. The molecule has 0 unspecified atom stereocenters. The maximum absolute atomic E-state index is 12.6. The highest BCUT2D eigenvalue weighted by Crippen LogP contribution is 2.39. The highest BCUT2D eigenvalue weighted by Gasteiger charge is 2.29. The van der Waals surface area contributed by atoms with Crippen LogP contribution in [0.2, 0.25) is 0 Å². The number of thioether (sulfide) groups is 1. The molecule has 2 aromatic heterocycles. The number of aliphatic carboxylic acids is 1. The Hall–Kier alpha value is -2.16. The fraction of sp³-hybridized carbons (Fsp3) is 0.533. The molecule has 9 heteroatoms. The SMILES string of the molecule is CC[C@H](Sc1nc(C2CC2)nc2c1c(=O)n(C)c(=O)n2C)C(=O)[O-]. The number of hydrogen-bond acceptors (Lipinski definition) is 7. The lowest BCUT2D eigenvalue weighted by atomic mass is 10.3. The molecule has 0 N–H and O–H groups in total. The fourth-order valence-corrected chi connectivity index (χ4v) is 3.46. The molecule has 1 aliphatic carbocycles. The van der Waals surface area contributed by atoms with Crippen molar-refractivity contribution in [2.45, 2.75) is 42.4 Å². The van der Waals surface area contributed by atoms with Crippen molar-refractivity contribution < 1.29 is 9.90 Å². The first-order valence-corrected chi connectivity index (χ1v) is 8.58. The number of hydrogen-bond donors (Lipinski definition) is 0. The molecule has 3 rings (SSSR count). The predicted molar refractivity (Wildman–Crippen MR) is 86.9 cm³/mol. The van der Waals surface area contributed by atoms with E-state index in [1.807, 2.05) is 0 Å². The van der Waals surface area contributed by atoms with Crippen molar-refractivity contribution in [3.63, 3.8) is 0 Å². The van der Waals surface area contributed by atoms with Crippen LogP contribution in [0.4, 0.5) is 0 Å². The first-order chi connectivity index (χ1) is 11.3. The van der Waals surface area contributed by atoms with Gasteiger partial charge in [-0.15, -0.1) is 0 Å². The number of nitrogens with zero attached hydrogens (tertiary/aromatic N) is 4. The fourth-order valence-electron chi connectivity index (χ4n) is 2.49. The van der Waals surface area contributed by atoms with E-state index in [4.69, 9.17) is 0 Å². The lowest BCUT2D eigenvalue weighted by molar-refractivity contribution is -0.304. The van der Waals surface area contributed by atoms with Crippen molar-refractivity contribution in [2.24, 2.45) is 14.1 Å². The molecular formula is C15H17N4O4S-. The van der Waals surface area contributed by atoms with Crippen LogP contribution in [0.5, 0.6) is 0 Å². The molecule has 0 aliphatic heterocycles. The average Bonchev–Trinajstić information content (AvgIpc) is 3.39. The summed E-state index contributed by atoms with van der Waals surface area (Å²) in [6, 6.07) is 0. The topological polar surface area (TPSA) is 110 Å². The largest absolute Gasteiger partial charge is 0.549 e. The lowest BCUT2D eigenvalue weighted by Crippen LogP contribution is -2.38. The van der Waals surface area contributed by atoms with Crippen molar-refractivity contribution in [3.05, 3.63) is 26.7 Å². The molecule has 128 valence electrons. The summed E-state index contributed by atoms with van der Waals surface area (Å²) in [5.41, 5.74) is -0.752. The van der Waals surface area contributed by atoms with Gasteiger partial charge in [-0.3, -0.25) is 13.9 Å². The molecule has 0 aromatic carbocycles. The molecule has 0 saturated heterocycles. The van der Waals surface area contributed by atoms with E-state index in [0.29, 0.717) is 17.3 Å². The maximum atomic E-state index is 12.6. The van der Waals surface area contributed by atoms with Crippen molar-refractivity contribution in [1.82, 2.24) is 19.1 Å². The van der Waals surface area contributed by atoms with Gasteiger partial charge in [0.15, 0.2) is 5.65 Å². The molecular weight excluding hydrogens is 332 g/mol. The minimum Gasteiger partial charge on any atom is -0.549 e. The average molecular weight is 349 g/mol. The van der Waals surface area contributed by atoms with E-state index in [1.165, 1.54) is 18.7 Å². The smallest absolute Gasteiger partial charge is 0.332 e. The van der Waals surface area contributed by atoms with E-state index in [9.17, 15) is 19.5 Å². The van der Waals surface area contributed by atoms with Gasteiger partial charge in [-0.2, -0.15) is 0 Å². The number of aromatic nitrogens is 4. The summed E-state index contributed by atoms with van der Waals surface area (Å²) in [5, 5.41) is 10.9. The van der Waals surface area contributed by atoms with Crippen LogP contribution in [0.25, 0.3) is 11.0 Å². The molecule has 0 bridgehead atoms. The number of fused-ring (bicyclic) bond motifs is 1. The predicted octanol–water partition coefficient (Wildman–Crippen LogP) is -0.475. The zero-order valence-electron chi connectivity index (χ0n) is 13.6. The number of carboxylic acids is 1. The normalized spacial score (nSPS) is 15.6. The Kier molecular flexibility index (Phi) is 4.20. The summed E-state index contributed by atoms with van der Waals surface area (Å²) in [6.07, 6.45) is 2.24. The van der Waals surface area contributed by atoms with E-state index in [1.54, 1.807) is 6.92 Å². The summed E-state index contributed by atoms with van der Waals surface area (Å²) in [4.78, 5) is 44.8. The second-order valence-corrected chi connectivity index (χ2v) is 7.09. The molecule has 2 aromatic rings. The van der Waals surface area contributed by atoms with Crippen LogP contribution in [0.3, 0.4) is 0 Å². The third-order valence-corrected chi connectivity index (χ3v) is 5.44. The van der Waals surface area contributed by atoms with Crippen molar-refractivity contribution >= 4 is 28.8 Å². The number of rotatable bonds is 5. The molecule has 1 atom stereocenters. The van der Waals surface area contributed by atoms with Gasteiger partial charge in [0.2, 0.25) is 0 Å². The van der Waals surface area contributed by atoms with E-state index >= 15 is 0 Å². The van der Waals surface area contributed by atoms with E-state index < -0.39 is 22.5 Å². The number of carboxylic acid groups (broad SMARTS) is 1. The molecule has 24 heavy (non-hydrogen) atoms. The lowest BCUT2D eigenvalue weighted by Gasteiger charge is -2.17. The second-order valence-electron chi connectivity index (χ2n) is 5.90. The van der Waals surface area contributed by atoms with Crippen LogP contribution in [0.1, 0.15) is 37.9 Å². The Bertz CT molecular complexity index is 945. The molecule has 1 aliphatic rings. The molecule has 1 fully saturated rings. The van der Waals surface area contributed by atoms with E-state index in [0.717, 1.165) is 29.2 Å². The summed E-state index contributed by atoms with van der Waals surface area (Å²) < 4.78 is 2.28. The third kappa shape index (κ3) is 2.72. The molecule has 8 nitrogen and oxygen atoms in total. The Morgan fingerprint density at radius 1 is 1.29 bits per heavy atom. The second kappa shape index (κ2) is 6.04. The monoisotopic (exact) mass is 349 g/mol. The number of carbonyl (C=O) groups is 1. The highest BCUT2D eigenvalue weighted by atomic mass is 32.2. The van der Waals surface area contributed by atoms with Crippen LogP contribution in [0, 0.1) is 0 Å². The van der Waals surface area contributed by atoms with Gasteiger partial charge in [-0.25, -0.2) is 14.8 Å². The van der Waals surface area contributed by atoms with Crippen LogP contribution in [-0.2, 0) is 18.9 Å².